The molecule has 0 saturated carbocycles. The molecule has 1 amide bonds. The van der Waals surface area contributed by atoms with Crippen molar-refractivity contribution in [2.75, 3.05) is 6.54 Å². The maximum absolute atomic E-state index is 12.6. The molecule has 0 bridgehead atoms. The molecule has 2 aromatic carbocycles. The summed E-state index contributed by atoms with van der Waals surface area (Å²) in [6.45, 7) is 5.17. The van der Waals surface area contributed by atoms with E-state index in [0.717, 1.165) is 36.9 Å². The van der Waals surface area contributed by atoms with Crippen molar-refractivity contribution >= 4 is 29.0 Å². The zero-order chi connectivity index (χ0) is 22.9. The van der Waals surface area contributed by atoms with Gasteiger partial charge in [-0.25, -0.2) is 0 Å². The van der Waals surface area contributed by atoms with Crippen molar-refractivity contribution in [3.63, 3.8) is 0 Å². The molecule has 170 valence electrons. The van der Waals surface area contributed by atoms with Crippen molar-refractivity contribution in [3.8, 4) is 5.75 Å². The van der Waals surface area contributed by atoms with Gasteiger partial charge in [-0.1, -0.05) is 30.7 Å². The lowest BCUT2D eigenvalue weighted by atomic mass is 10.1. The standard InChI is InChI=1S/C25H31N3O3S/c1-18(2)31-20-13-11-19(12-14-20)15-16-26-23(29)10-4-3-7-17-28-24(30)21-8-5-6-9-22(21)27-25(28)32/h5-6,8-9,11-14,18H,3-4,7,10,15-17H2,1-2H3,(H,26,29)(H,27,32). The topological polar surface area (TPSA) is 76.1 Å². The highest BCUT2D eigenvalue weighted by Crippen LogP contribution is 2.14. The van der Waals surface area contributed by atoms with Gasteiger partial charge >= 0.3 is 0 Å². The lowest BCUT2D eigenvalue weighted by Gasteiger charge is -2.10. The Hall–Kier alpha value is -2.93. The van der Waals surface area contributed by atoms with Crippen LogP contribution in [-0.2, 0) is 17.8 Å². The summed E-state index contributed by atoms with van der Waals surface area (Å²) in [7, 11) is 0. The third-order valence-corrected chi connectivity index (χ3v) is 5.53. The number of aromatic amines is 1. The van der Waals surface area contributed by atoms with Crippen LogP contribution in [-0.4, -0.2) is 28.1 Å². The minimum Gasteiger partial charge on any atom is -0.491 e. The predicted octanol–water partition coefficient (Wildman–Crippen LogP) is 4.77. The lowest BCUT2D eigenvalue weighted by molar-refractivity contribution is -0.121. The number of amides is 1. The second-order valence-electron chi connectivity index (χ2n) is 8.15. The molecule has 0 aliphatic rings. The number of carbonyl (C=O) groups excluding carboxylic acids is 1. The lowest BCUT2D eigenvalue weighted by Crippen LogP contribution is -2.25. The number of hydrogen-bond acceptors (Lipinski definition) is 4. The summed E-state index contributed by atoms with van der Waals surface area (Å²) in [5, 5.41) is 3.62. The van der Waals surface area contributed by atoms with Gasteiger partial charge in [0.05, 0.1) is 17.0 Å². The van der Waals surface area contributed by atoms with Crippen molar-refractivity contribution < 1.29 is 9.53 Å². The maximum Gasteiger partial charge on any atom is 0.262 e. The molecule has 0 atom stereocenters. The fourth-order valence-corrected chi connectivity index (χ4v) is 3.86. The second kappa shape index (κ2) is 11.6. The van der Waals surface area contributed by atoms with Gasteiger partial charge in [-0.15, -0.1) is 0 Å². The second-order valence-corrected chi connectivity index (χ2v) is 8.54. The van der Waals surface area contributed by atoms with Crippen LogP contribution in [0, 0.1) is 4.77 Å². The summed E-state index contributed by atoms with van der Waals surface area (Å²) in [5.74, 6) is 0.921. The molecule has 1 aromatic heterocycles. The van der Waals surface area contributed by atoms with Crippen molar-refractivity contribution in [3.05, 3.63) is 69.2 Å². The Labute approximate surface area is 193 Å². The largest absolute Gasteiger partial charge is 0.491 e. The molecule has 0 radical (unpaired) electrons. The van der Waals surface area contributed by atoms with Crippen molar-refractivity contribution in [2.24, 2.45) is 0 Å². The van der Waals surface area contributed by atoms with Crippen LogP contribution in [0.2, 0.25) is 0 Å². The van der Waals surface area contributed by atoms with E-state index in [9.17, 15) is 9.59 Å². The van der Waals surface area contributed by atoms with Crippen LogP contribution in [0.15, 0.2) is 53.3 Å². The molecule has 7 heteroatoms. The molecule has 0 unspecified atom stereocenters. The first kappa shape index (κ1) is 23.7. The Balaban J connectivity index is 1.35. The molecule has 0 spiro atoms. The third-order valence-electron chi connectivity index (χ3n) is 5.21. The van der Waals surface area contributed by atoms with E-state index in [4.69, 9.17) is 17.0 Å². The van der Waals surface area contributed by atoms with E-state index in [1.165, 1.54) is 5.56 Å². The van der Waals surface area contributed by atoms with Crippen LogP contribution in [0.5, 0.6) is 5.75 Å². The number of carbonyl (C=O) groups is 1. The molecule has 6 nitrogen and oxygen atoms in total. The molecular weight excluding hydrogens is 422 g/mol. The zero-order valence-electron chi connectivity index (χ0n) is 18.7. The smallest absolute Gasteiger partial charge is 0.262 e. The number of rotatable bonds is 11. The molecule has 32 heavy (non-hydrogen) atoms. The minimum absolute atomic E-state index is 0.0601. The van der Waals surface area contributed by atoms with E-state index >= 15 is 0 Å². The average Bonchev–Trinajstić information content (AvgIpc) is 2.76. The first-order valence-electron chi connectivity index (χ1n) is 11.2. The first-order valence-corrected chi connectivity index (χ1v) is 11.6. The maximum atomic E-state index is 12.6. The normalized spacial score (nSPS) is 11.1. The number of H-pyrrole nitrogens is 1. The Kier molecular flexibility index (Phi) is 8.62. The summed E-state index contributed by atoms with van der Waals surface area (Å²) in [6, 6.07) is 15.4. The number of nitrogens with one attached hydrogen (secondary N) is 2. The van der Waals surface area contributed by atoms with E-state index in [0.29, 0.717) is 29.7 Å². The third kappa shape index (κ3) is 6.79. The number of aromatic nitrogens is 2. The average molecular weight is 454 g/mol. The first-order chi connectivity index (χ1) is 15.4. The Morgan fingerprint density at radius 2 is 1.84 bits per heavy atom. The number of nitrogens with zero attached hydrogens (tertiary/aromatic N) is 1. The van der Waals surface area contributed by atoms with Gasteiger partial charge in [0.2, 0.25) is 5.91 Å². The van der Waals surface area contributed by atoms with Crippen molar-refractivity contribution in [2.45, 2.75) is 58.6 Å². The van der Waals surface area contributed by atoms with E-state index in [2.05, 4.69) is 10.3 Å². The zero-order valence-corrected chi connectivity index (χ0v) is 19.5. The number of unbranched alkanes of at least 4 members (excludes halogenated alkanes) is 2. The summed E-state index contributed by atoms with van der Waals surface area (Å²) < 4.78 is 7.69. The van der Waals surface area contributed by atoms with Crippen LogP contribution in [0.25, 0.3) is 10.9 Å². The molecule has 0 aliphatic carbocycles. The van der Waals surface area contributed by atoms with Crippen LogP contribution in [0.3, 0.4) is 0 Å². The van der Waals surface area contributed by atoms with Gasteiger partial charge < -0.3 is 15.0 Å². The number of para-hydroxylation sites is 1. The van der Waals surface area contributed by atoms with Gasteiger partial charge in [-0.3, -0.25) is 14.2 Å². The molecule has 1 heterocycles. The van der Waals surface area contributed by atoms with Gasteiger partial charge in [0.1, 0.15) is 5.75 Å². The number of ether oxygens (including phenoxy) is 1. The van der Waals surface area contributed by atoms with E-state index < -0.39 is 0 Å². The van der Waals surface area contributed by atoms with Gasteiger partial charge in [0.25, 0.3) is 5.56 Å². The fourth-order valence-electron chi connectivity index (χ4n) is 3.58. The highest BCUT2D eigenvalue weighted by atomic mass is 32.1. The minimum atomic E-state index is -0.0640. The summed E-state index contributed by atoms with van der Waals surface area (Å²) >= 11 is 5.34. The molecule has 3 aromatic rings. The summed E-state index contributed by atoms with van der Waals surface area (Å²) in [6.07, 6.45) is 3.88. The monoisotopic (exact) mass is 453 g/mol. The Morgan fingerprint density at radius 3 is 2.59 bits per heavy atom. The van der Waals surface area contributed by atoms with Gasteiger partial charge in [0.15, 0.2) is 4.77 Å². The van der Waals surface area contributed by atoms with E-state index in [1.807, 2.05) is 56.3 Å². The number of benzene rings is 2. The Bertz CT molecular complexity index is 1150. The summed E-state index contributed by atoms with van der Waals surface area (Å²) in [5.41, 5.74) is 1.86. The van der Waals surface area contributed by atoms with Crippen molar-refractivity contribution in [1.29, 1.82) is 0 Å². The molecular formula is C25H31N3O3S. The van der Waals surface area contributed by atoms with Crippen LogP contribution >= 0.6 is 12.2 Å². The molecule has 0 fully saturated rings. The fraction of sp³-hybridized carbons (Fsp3) is 0.400. The number of fused-ring (bicyclic) bond motifs is 1. The van der Waals surface area contributed by atoms with Gasteiger partial charge in [-0.05, 0) is 75.2 Å². The summed E-state index contributed by atoms with van der Waals surface area (Å²) in [4.78, 5) is 27.8. The molecule has 0 saturated heterocycles. The van der Waals surface area contributed by atoms with E-state index in [-0.39, 0.29) is 17.6 Å². The highest BCUT2D eigenvalue weighted by Gasteiger charge is 2.06. The van der Waals surface area contributed by atoms with Crippen LogP contribution in [0.1, 0.15) is 45.1 Å². The van der Waals surface area contributed by atoms with Crippen molar-refractivity contribution in [1.82, 2.24) is 14.9 Å². The van der Waals surface area contributed by atoms with Crippen LogP contribution in [0.4, 0.5) is 0 Å². The van der Waals surface area contributed by atoms with E-state index in [1.54, 1.807) is 10.6 Å². The van der Waals surface area contributed by atoms with Gasteiger partial charge in [0, 0.05) is 19.5 Å². The molecule has 3 rings (SSSR count). The molecule has 2 N–H and O–H groups in total. The predicted molar refractivity (Wildman–Crippen MR) is 131 cm³/mol. The van der Waals surface area contributed by atoms with Crippen LogP contribution < -0.4 is 15.6 Å². The Morgan fingerprint density at radius 1 is 1.09 bits per heavy atom. The SMILES string of the molecule is CC(C)Oc1ccc(CCNC(=O)CCCCCn2c(=S)[nH]c3ccccc3c2=O)cc1. The quantitative estimate of drug-likeness (QED) is 0.324. The van der Waals surface area contributed by atoms with Gasteiger partial charge in [-0.2, -0.15) is 0 Å². The molecule has 0 aliphatic heterocycles. The number of hydrogen-bond donors (Lipinski definition) is 2. The highest BCUT2D eigenvalue weighted by molar-refractivity contribution is 7.71.